The number of sulfonamides is 1. The third-order valence-electron chi connectivity index (χ3n) is 6.07. The van der Waals surface area contributed by atoms with Gasteiger partial charge in [0, 0.05) is 30.7 Å². The largest absolute Gasteiger partial charge is 0.329 e. The van der Waals surface area contributed by atoms with Gasteiger partial charge in [-0.05, 0) is 55.9 Å². The van der Waals surface area contributed by atoms with Crippen molar-refractivity contribution in [2.24, 2.45) is 11.7 Å². The van der Waals surface area contributed by atoms with Crippen LogP contribution < -0.4 is 15.4 Å². The third-order valence-corrected chi connectivity index (χ3v) is 7.62. The van der Waals surface area contributed by atoms with Crippen LogP contribution in [-0.4, -0.2) is 32.5 Å². The van der Waals surface area contributed by atoms with Crippen LogP contribution in [0.15, 0.2) is 23.1 Å². The van der Waals surface area contributed by atoms with Crippen molar-refractivity contribution >= 4 is 34.0 Å². The Balaban J connectivity index is 0.00000261. The normalized spacial score (nSPS) is 27.8. The zero-order valence-electron chi connectivity index (χ0n) is 16.2. The van der Waals surface area contributed by atoms with Crippen LogP contribution in [0, 0.1) is 5.92 Å². The van der Waals surface area contributed by atoms with Gasteiger partial charge in [-0.1, -0.05) is 19.8 Å². The van der Waals surface area contributed by atoms with E-state index in [2.05, 4.69) is 11.6 Å². The van der Waals surface area contributed by atoms with E-state index in [-0.39, 0.29) is 35.2 Å². The third kappa shape index (κ3) is 4.01. The Morgan fingerprint density at radius 1 is 1.33 bits per heavy atom. The molecule has 1 saturated carbocycles. The number of halogens is 1. The van der Waals surface area contributed by atoms with Gasteiger partial charge in [0.25, 0.3) is 0 Å². The van der Waals surface area contributed by atoms with Crippen molar-refractivity contribution < 1.29 is 13.2 Å². The van der Waals surface area contributed by atoms with Gasteiger partial charge in [0.1, 0.15) is 0 Å². The van der Waals surface area contributed by atoms with Gasteiger partial charge in [0.05, 0.1) is 4.90 Å². The SMILES string of the molecule is CC(=O)N1c2ccc(S(=O)(=O)NC3(CN)CCCCC3C)cc2CC1C.Cl. The first-order valence-corrected chi connectivity index (χ1v) is 10.9. The van der Waals surface area contributed by atoms with Crippen LogP contribution >= 0.6 is 12.4 Å². The summed E-state index contributed by atoms with van der Waals surface area (Å²) in [6.07, 6.45) is 4.51. The molecule has 3 unspecified atom stereocenters. The molecule has 3 rings (SSSR count). The summed E-state index contributed by atoms with van der Waals surface area (Å²) in [6.45, 7) is 5.88. The molecule has 0 radical (unpaired) electrons. The van der Waals surface area contributed by atoms with Crippen LogP contribution in [0.5, 0.6) is 0 Å². The van der Waals surface area contributed by atoms with E-state index in [1.807, 2.05) is 6.92 Å². The molecular weight excluding hydrogens is 386 g/mol. The van der Waals surface area contributed by atoms with Gasteiger partial charge in [-0.25, -0.2) is 13.1 Å². The number of nitrogens with two attached hydrogens (primary N) is 1. The maximum absolute atomic E-state index is 13.1. The van der Waals surface area contributed by atoms with Gasteiger partial charge in [0.2, 0.25) is 15.9 Å². The number of anilines is 1. The average molecular weight is 416 g/mol. The predicted octanol–water partition coefficient (Wildman–Crippen LogP) is 2.59. The number of carbonyl (C=O) groups excluding carboxylic acids is 1. The van der Waals surface area contributed by atoms with Crippen molar-refractivity contribution in [2.45, 2.75) is 69.4 Å². The first-order chi connectivity index (χ1) is 12.2. The lowest BCUT2D eigenvalue weighted by Crippen LogP contribution is -2.58. The van der Waals surface area contributed by atoms with E-state index >= 15 is 0 Å². The van der Waals surface area contributed by atoms with Gasteiger partial charge in [0.15, 0.2) is 0 Å². The number of nitrogens with one attached hydrogen (secondary N) is 1. The highest BCUT2D eigenvalue weighted by Gasteiger charge is 2.41. The number of fused-ring (bicyclic) bond motifs is 1. The lowest BCUT2D eigenvalue weighted by atomic mass is 9.74. The van der Waals surface area contributed by atoms with Gasteiger partial charge >= 0.3 is 0 Å². The van der Waals surface area contributed by atoms with Crippen molar-refractivity contribution in [2.75, 3.05) is 11.4 Å². The number of carbonyl (C=O) groups is 1. The summed E-state index contributed by atoms with van der Waals surface area (Å²) in [5.74, 6) is 0.182. The minimum Gasteiger partial charge on any atom is -0.329 e. The minimum absolute atomic E-state index is 0. The highest BCUT2D eigenvalue weighted by atomic mass is 35.5. The van der Waals surface area contributed by atoms with Crippen LogP contribution in [0.25, 0.3) is 0 Å². The molecule has 1 fully saturated rings. The van der Waals surface area contributed by atoms with E-state index in [0.29, 0.717) is 13.0 Å². The lowest BCUT2D eigenvalue weighted by molar-refractivity contribution is -0.116. The highest BCUT2D eigenvalue weighted by Crippen LogP contribution is 2.36. The quantitative estimate of drug-likeness (QED) is 0.790. The Morgan fingerprint density at radius 3 is 2.63 bits per heavy atom. The Bertz CT molecular complexity index is 814. The summed E-state index contributed by atoms with van der Waals surface area (Å²) in [5, 5.41) is 0. The summed E-state index contributed by atoms with van der Waals surface area (Å²) in [7, 11) is -3.67. The average Bonchev–Trinajstić information content (AvgIpc) is 2.91. The number of hydrogen-bond donors (Lipinski definition) is 2. The first-order valence-electron chi connectivity index (χ1n) is 9.37. The summed E-state index contributed by atoms with van der Waals surface area (Å²) in [4.78, 5) is 13.8. The van der Waals surface area contributed by atoms with E-state index < -0.39 is 15.6 Å². The van der Waals surface area contributed by atoms with Gasteiger partial charge in [-0.15, -0.1) is 12.4 Å². The fourth-order valence-corrected chi connectivity index (χ4v) is 6.08. The van der Waals surface area contributed by atoms with E-state index in [1.54, 1.807) is 23.1 Å². The zero-order chi connectivity index (χ0) is 19.1. The summed E-state index contributed by atoms with van der Waals surface area (Å²) in [5.41, 5.74) is 7.13. The molecule has 1 heterocycles. The molecule has 27 heavy (non-hydrogen) atoms. The van der Waals surface area contributed by atoms with Crippen molar-refractivity contribution in [1.82, 2.24) is 4.72 Å². The van der Waals surface area contributed by atoms with Gasteiger partial charge in [-0.3, -0.25) is 4.79 Å². The molecule has 1 aromatic carbocycles. The molecule has 152 valence electrons. The van der Waals surface area contributed by atoms with E-state index in [1.165, 1.54) is 6.92 Å². The molecular formula is C19H30ClN3O3S. The van der Waals surface area contributed by atoms with E-state index in [4.69, 9.17) is 5.73 Å². The Hall–Kier alpha value is -1.15. The number of amides is 1. The molecule has 6 nitrogen and oxygen atoms in total. The molecule has 1 amide bonds. The minimum atomic E-state index is -3.67. The fourth-order valence-electron chi connectivity index (χ4n) is 4.49. The number of benzene rings is 1. The number of hydrogen-bond acceptors (Lipinski definition) is 4. The topological polar surface area (TPSA) is 92.5 Å². The fraction of sp³-hybridized carbons (Fsp3) is 0.632. The zero-order valence-corrected chi connectivity index (χ0v) is 17.8. The molecule has 2 aliphatic rings. The van der Waals surface area contributed by atoms with Crippen LogP contribution in [0.2, 0.25) is 0 Å². The molecule has 3 atom stereocenters. The molecule has 0 aromatic heterocycles. The molecule has 3 N–H and O–H groups in total. The highest BCUT2D eigenvalue weighted by molar-refractivity contribution is 7.89. The standard InChI is InChI=1S/C19H29N3O3S.ClH/c1-13-6-4-5-9-19(13,12-20)21-26(24,25)17-7-8-18-16(11-17)10-14(2)22(18)15(3)23;/h7-8,11,13-14,21H,4-6,9-10,12,20H2,1-3H3;1H. The molecule has 0 spiro atoms. The van der Waals surface area contributed by atoms with Crippen molar-refractivity contribution in [1.29, 1.82) is 0 Å². The van der Waals surface area contributed by atoms with Crippen LogP contribution in [0.4, 0.5) is 5.69 Å². The molecule has 0 bridgehead atoms. The molecule has 0 saturated heterocycles. The molecule has 1 aliphatic heterocycles. The van der Waals surface area contributed by atoms with Crippen LogP contribution in [-0.2, 0) is 21.2 Å². The molecule has 1 aliphatic carbocycles. The molecule has 8 heteroatoms. The summed E-state index contributed by atoms with van der Waals surface area (Å²) < 4.78 is 29.0. The second kappa shape index (κ2) is 8.07. The number of rotatable bonds is 4. The Morgan fingerprint density at radius 2 is 2.04 bits per heavy atom. The van der Waals surface area contributed by atoms with Gasteiger partial charge < -0.3 is 10.6 Å². The maximum Gasteiger partial charge on any atom is 0.241 e. The van der Waals surface area contributed by atoms with E-state index in [0.717, 1.165) is 36.9 Å². The number of nitrogens with zero attached hydrogens (tertiary/aromatic N) is 1. The van der Waals surface area contributed by atoms with Crippen LogP contribution in [0.3, 0.4) is 0 Å². The predicted molar refractivity (Wildman–Crippen MR) is 110 cm³/mol. The van der Waals surface area contributed by atoms with Crippen LogP contribution in [0.1, 0.15) is 52.0 Å². The Labute approximate surface area is 168 Å². The van der Waals surface area contributed by atoms with Crippen molar-refractivity contribution in [3.63, 3.8) is 0 Å². The maximum atomic E-state index is 13.1. The van der Waals surface area contributed by atoms with Crippen molar-refractivity contribution in [3.8, 4) is 0 Å². The second-order valence-corrected chi connectivity index (χ2v) is 9.53. The summed E-state index contributed by atoms with van der Waals surface area (Å²) >= 11 is 0. The van der Waals surface area contributed by atoms with E-state index in [9.17, 15) is 13.2 Å². The lowest BCUT2D eigenvalue weighted by Gasteiger charge is -2.42. The first kappa shape index (κ1) is 22.1. The summed E-state index contributed by atoms with van der Waals surface area (Å²) in [6, 6.07) is 5.08. The monoisotopic (exact) mass is 415 g/mol. The smallest absolute Gasteiger partial charge is 0.241 e. The van der Waals surface area contributed by atoms with Gasteiger partial charge in [-0.2, -0.15) is 0 Å². The molecule has 1 aromatic rings. The van der Waals surface area contributed by atoms with Crippen molar-refractivity contribution in [3.05, 3.63) is 23.8 Å². The second-order valence-electron chi connectivity index (χ2n) is 7.85. The Kier molecular flexibility index (Phi) is 6.62.